The maximum Gasteiger partial charge on any atom is 0.305 e. The van der Waals surface area contributed by atoms with Gasteiger partial charge >= 0.3 is 5.97 Å². The number of carbonyl (C=O) groups is 2. The molecular weight excluding hydrogens is 348 g/mol. The Morgan fingerprint density at radius 2 is 1.63 bits per heavy atom. The molecule has 1 amide bonds. The van der Waals surface area contributed by atoms with E-state index >= 15 is 0 Å². The molecule has 27 heavy (non-hydrogen) atoms. The van der Waals surface area contributed by atoms with Crippen LogP contribution in [-0.4, -0.2) is 84.9 Å². The third-order valence-electron chi connectivity index (χ3n) is 4.88. The molecule has 7 heteroatoms. The number of hydrogen-bond acceptors (Lipinski definition) is 5. The van der Waals surface area contributed by atoms with Gasteiger partial charge in [0, 0.05) is 38.1 Å². The van der Waals surface area contributed by atoms with Gasteiger partial charge in [0.15, 0.2) is 0 Å². The zero-order valence-corrected chi connectivity index (χ0v) is 17.5. The summed E-state index contributed by atoms with van der Waals surface area (Å²) in [5, 5.41) is 8.55. The fourth-order valence-electron chi connectivity index (χ4n) is 3.34. The molecule has 0 aromatic rings. The van der Waals surface area contributed by atoms with E-state index in [2.05, 4.69) is 32.6 Å². The van der Waals surface area contributed by atoms with Gasteiger partial charge in [0.25, 0.3) is 0 Å². The third-order valence-corrected chi connectivity index (χ3v) is 4.88. The fourth-order valence-corrected chi connectivity index (χ4v) is 3.34. The first-order valence-corrected chi connectivity index (χ1v) is 10.2. The molecule has 0 aliphatic carbocycles. The first-order chi connectivity index (χ1) is 12.8. The number of likely N-dealkylation sites (tertiary alicyclic amines) is 1. The van der Waals surface area contributed by atoms with Gasteiger partial charge in [-0.15, -0.1) is 0 Å². The van der Waals surface area contributed by atoms with Crippen LogP contribution >= 0.6 is 0 Å². The Bertz CT molecular complexity index is 434. The average Bonchev–Trinajstić information content (AvgIpc) is 2.59. The molecule has 0 unspecified atom stereocenters. The molecule has 158 valence electrons. The van der Waals surface area contributed by atoms with E-state index in [4.69, 9.17) is 14.6 Å². The monoisotopic (exact) mass is 386 g/mol. The standard InChI is InChI=1S/C20H38N2O5/c1-16(2)15-19(23)22(18-5-8-21(9-6-18)17(3)4)10-12-27-14-13-26-11-7-20(24)25/h16-18H,5-15H2,1-4H3,(H,24,25). The van der Waals surface area contributed by atoms with E-state index in [1.807, 2.05) is 4.90 Å². The van der Waals surface area contributed by atoms with E-state index in [1.165, 1.54) is 0 Å². The first kappa shape index (κ1) is 23.9. The van der Waals surface area contributed by atoms with Crippen LogP contribution in [0.25, 0.3) is 0 Å². The predicted octanol–water partition coefficient (Wildman–Crippen LogP) is 2.24. The van der Waals surface area contributed by atoms with Crippen molar-refractivity contribution in [2.45, 2.75) is 65.5 Å². The summed E-state index contributed by atoms with van der Waals surface area (Å²) in [6, 6.07) is 0.844. The summed E-state index contributed by atoms with van der Waals surface area (Å²) >= 11 is 0. The van der Waals surface area contributed by atoms with Crippen LogP contribution in [0.1, 0.15) is 53.4 Å². The number of carbonyl (C=O) groups excluding carboxylic acids is 1. The minimum atomic E-state index is -0.862. The maximum absolute atomic E-state index is 12.7. The van der Waals surface area contributed by atoms with E-state index in [1.54, 1.807) is 0 Å². The molecule has 0 spiro atoms. The zero-order valence-electron chi connectivity index (χ0n) is 17.5. The van der Waals surface area contributed by atoms with Crippen molar-refractivity contribution in [2.24, 2.45) is 5.92 Å². The molecule has 1 aliphatic heterocycles. The number of rotatable bonds is 13. The van der Waals surface area contributed by atoms with Gasteiger partial charge in [0.05, 0.1) is 32.8 Å². The van der Waals surface area contributed by atoms with E-state index < -0.39 is 5.97 Å². The Hall–Kier alpha value is -1.18. The van der Waals surface area contributed by atoms with E-state index in [0.717, 1.165) is 25.9 Å². The summed E-state index contributed by atoms with van der Waals surface area (Å²) in [4.78, 5) is 27.6. The number of nitrogens with zero attached hydrogens (tertiary/aromatic N) is 2. The van der Waals surface area contributed by atoms with Crippen molar-refractivity contribution in [3.63, 3.8) is 0 Å². The van der Waals surface area contributed by atoms with Crippen LogP contribution in [-0.2, 0) is 19.1 Å². The maximum atomic E-state index is 12.7. The lowest BCUT2D eigenvalue weighted by Gasteiger charge is -2.40. The number of ether oxygens (including phenoxy) is 2. The van der Waals surface area contributed by atoms with Crippen molar-refractivity contribution >= 4 is 11.9 Å². The first-order valence-electron chi connectivity index (χ1n) is 10.2. The molecule has 0 aromatic carbocycles. The second kappa shape index (κ2) is 13.1. The smallest absolute Gasteiger partial charge is 0.305 e. The summed E-state index contributed by atoms with van der Waals surface area (Å²) in [7, 11) is 0. The quantitative estimate of drug-likeness (QED) is 0.489. The number of hydrogen-bond donors (Lipinski definition) is 1. The van der Waals surface area contributed by atoms with E-state index in [-0.39, 0.29) is 18.9 Å². The van der Waals surface area contributed by atoms with Crippen LogP contribution in [0, 0.1) is 5.92 Å². The Morgan fingerprint density at radius 1 is 1.04 bits per heavy atom. The van der Waals surface area contributed by atoms with Crippen LogP contribution in [0.2, 0.25) is 0 Å². The van der Waals surface area contributed by atoms with Crippen LogP contribution in [0.3, 0.4) is 0 Å². The highest BCUT2D eigenvalue weighted by Crippen LogP contribution is 2.20. The molecule has 0 aromatic heterocycles. The minimum absolute atomic E-state index is 0.00650. The Balaban J connectivity index is 2.37. The van der Waals surface area contributed by atoms with Crippen LogP contribution in [0.15, 0.2) is 0 Å². The van der Waals surface area contributed by atoms with Crippen LogP contribution in [0.5, 0.6) is 0 Å². The van der Waals surface area contributed by atoms with Gasteiger partial charge in [0.1, 0.15) is 0 Å². The van der Waals surface area contributed by atoms with Crippen molar-refractivity contribution in [3.8, 4) is 0 Å². The minimum Gasteiger partial charge on any atom is -0.481 e. The van der Waals surface area contributed by atoms with Crippen molar-refractivity contribution in [3.05, 3.63) is 0 Å². The highest BCUT2D eigenvalue weighted by Gasteiger charge is 2.28. The summed E-state index contributed by atoms with van der Waals surface area (Å²) in [6.07, 6.45) is 2.61. The van der Waals surface area contributed by atoms with Crippen molar-refractivity contribution < 1.29 is 24.2 Å². The number of carboxylic acids is 1. The summed E-state index contributed by atoms with van der Waals surface area (Å²) in [5.74, 6) is -0.299. The lowest BCUT2D eigenvalue weighted by molar-refractivity contribution is -0.138. The molecule has 1 rings (SSSR count). The Kier molecular flexibility index (Phi) is 11.6. The number of carboxylic acid groups (broad SMARTS) is 1. The van der Waals surface area contributed by atoms with Crippen molar-refractivity contribution in [1.82, 2.24) is 9.80 Å². The zero-order chi connectivity index (χ0) is 20.2. The SMILES string of the molecule is CC(C)CC(=O)N(CCOCCOCCC(=O)O)C1CCN(C(C)C)CC1. The normalized spacial score (nSPS) is 16.2. The summed E-state index contributed by atoms with van der Waals surface area (Å²) in [6.45, 7) is 12.7. The topological polar surface area (TPSA) is 79.3 Å². The molecule has 0 bridgehead atoms. The fraction of sp³-hybridized carbons (Fsp3) is 0.900. The number of aliphatic carboxylic acids is 1. The lowest BCUT2D eigenvalue weighted by atomic mass is 10.0. The van der Waals surface area contributed by atoms with Gasteiger partial charge in [-0.2, -0.15) is 0 Å². The van der Waals surface area contributed by atoms with Crippen molar-refractivity contribution in [2.75, 3.05) is 46.1 Å². The van der Waals surface area contributed by atoms with Gasteiger partial charge in [-0.05, 0) is 32.6 Å². The number of piperidine rings is 1. The summed E-state index contributed by atoms with van der Waals surface area (Å²) in [5.41, 5.74) is 0. The molecule has 0 saturated carbocycles. The largest absolute Gasteiger partial charge is 0.481 e. The third kappa shape index (κ3) is 10.1. The van der Waals surface area contributed by atoms with Gasteiger partial charge in [-0.1, -0.05) is 13.8 Å². The predicted molar refractivity (Wildman–Crippen MR) is 105 cm³/mol. The molecule has 7 nitrogen and oxygen atoms in total. The van der Waals surface area contributed by atoms with Gasteiger partial charge < -0.3 is 24.4 Å². The molecule has 1 aliphatic rings. The highest BCUT2D eigenvalue weighted by molar-refractivity contribution is 5.76. The summed E-state index contributed by atoms with van der Waals surface area (Å²) < 4.78 is 10.8. The van der Waals surface area contributed by atoms with E-state index in [9.17, 15) is 9.59 Å². The highest BCUT2D eigenvalue weighted by atomic mass is 16.5. The molecule has 1 N–H and O–H groups in total. The van der Waals surface area contributed by atoms with Gasteiger partial charge in [-0.25, -0.2) is 0 Å². The Morgan fingerprint density at radius 3 is 2.15 bits per heavy atom. The molecule has 1 fully saturated rings. The second-order valence-corrected chi connectivity index (χ2v) is 7.91. The van der Waals surface area contributed by atoms with Crippen molar-refractivity contribution in [1.29, 1.82) is 0 Å². The molecule has 0 atom stereocenters. The van der Waals surface area contributed by atoms with Crippen LogP contribution < -0.4 is 0 Å². The van der Waals surface area contributed by atoms with E-state index in [0.29, 0.717) is 50.8 Å². The van der Waals surface area contributed by atoms with Gasteiger partial charge in [-0.3, -0.25) is 9.59 Å². The molecule has 1 heterocycles. The molecule has 0 radical (unpaired) electrons. The second-order valence-electron chi connectivity index (χ2n) is 7.91. The average molecular weight is 387 g/mol. The van der Waals surface area contributed by atoms with Crippen LogP contribution in [0.4, 0.5) is 0 Å². The lowest BCUT2D eigenvalue weighted by Crippen LogP contribution is -2.50. The molecular formula is C20H38N2O5. The van der Waals surface area contributed by atoms with Gasteiger partial charge in [0.2, 0.25) is 5.91 Å². The Labute approximate surface area is 164 Å². The molecule has 1 saturated heterocycles. The number of amides is 1.